The monoisotopic (exact) mass is 331 g/mol. The third kappa shape index (κ3) is 4.11. The van der Waals surface area contributed by atoms with E-state index in [0.29, 0.717) is 5.41 Å². The van der Waals surface area contributed by atoms with Crippen molar-refractivity contribution in [3.8, 4) is 0 Å². The van der Waals surface area contributed by atoms with Crippen LogP contribution >= 0.6 is 0 Å². The van der Waals surface area contributed by atoms with E-state index in [2.05, 4.69) is 34.3 Å². The summed E-state index contributed by atoms with van der Waals surface area (Å²) < 4.78 is 0. The lowest BCUT2D eigenvalue weighted by Crippen LogP contribution is -2.41. The van der Waals surface area contributed by atoms with E-state index in [-0.39, 0.29) is 0 Å². The minimum atomic E-state index is 0.586. The molecule has 2 N–H and O–H groups in total. The van der Waals surface area contributed by atoms with E-state index in [0.717, 1.165) is 31.9 Å². The Labute approximate surface area is 146 Å². The molecule has 0 radical (unpaired) electrons. The summed E-state index contributed by atoms with van der Waals surface area (Å²) in [6.07, 6.45) is 12.5. The van der Waals surface area contributed by atoms with Crippen molar-refractivity contribution in [2.75, 3.05) is 26.2 Å². The Morgan fingerprint density at radius 1 is 1.33 bits per heavy atom. The number of hydrogen-bond acceptors (Lipinski definition) is 2. The molecule has 1 aliphatic heterocycles. The number of hydrogen-bond donors (Lipinski definition) is 2. The molecule has 1 saturated carbocycles. The molecular weight excluding hydrogens is 298 g/mol. The first-order valence-corrected chi connectivity index (χ1v) is 9.74. The molecule has 2 heterocycles. The number of H-pyrrole nitrogens is 1. The molecular formula is C19H33N5. The van der Waals surface area contributed by atoms with Crippen molar-refractivity contribution in [2.24, 2.45) is 10.4 Å². The number of aromatic nitrogens is 2. The molecule has 2 fully saturated rings. The normalized spacial score (nSPS) is 20.8. The van der Waals surface area contributed by atoms with E-state index >= 15 is 0 Å². The number of rotatable bonds is 5. The van der Waals surface area contributed by atoms with Gasteiger partial charge in [-0.15, -0.1) is 0 Å². The molecule has 0 unspecified atom stereocenters. The lowest BCUT2D eigenvalue weighted by molar-refractivity contribution is 0.203. The molecule has 0 atom stereocenters. The van der Waals surface area contributed by atoms with Crippen LogP contribution in [-0.2, 0) is 6.42 Å². The van der Waals surface area contributed by atoms with Crippen molar-refractivity contribution in [1.29, 1.82) is 0 Å². The maximum Gasteiger partial charge on any atom is 0.193 e. The fourth-order valence-electron chi connectivity index (χ4n) is 4.33. The Hall–Kier alpha value is -1.52. The molecule has 2 aliphatic rings. The van der Waals surface area contributed by atoms with Gasteiger partial charge in [-0.3, -0.25) is 10.1 Å². The Bertz CT molecular complexity index is 542. The molecule has 134 valence electrons. The largest absolute Gasteiger partial charge is 0.357 e. The molecule has 5 heteroatoms. The topological polar surface area (TPSA) is 56.3 Å². The summed E-state index contributed by atoms with van der Waals surface area (Å²) in [5, 5.41) is 10.6. The van der Waals surface area contributed by atoms with Gasteiger partial charge in [-0.05, 0) is 56.9 Å². The fraction of sp³-hybridized carbons (Fsp3) is 0.789. The van der Waals surface area contributed by atoms with Gasteiger partial charge in [0.25, 0.3) is 0 Å². The maximum absolute atomic E-state index is 4.90. The minimum absolute atomic E-state index is 0.586. The van der Waals surface area contributed by atoms with Gasteiger partial charge in [-0.2, -0.15) is 5.10 Å². The second-order valence-electron chi connectivity index (χ2n) is 7.59. The first-order chi connectivity index (χ1) is 11.7. The number of nitrogens with one attached hydrogen (secondary N) is 2. The van der Waals surface area contributed by atoms with Gasteiger partial charge in [0, 0.05) is 31.9 Å². The SMILES string of the molecule is CCNC(=NCCCc1cn[nH]c1C)N1CCC2(CCCCC2)C1. The van der Waals surface area contributed by atoms with Crippen molar-refractivity contribution in [3.05, 3.63) is 17.5 Å². The van der Waals surface area contributed by atoms with Gasteiger partial charge in [0.15, 0.2) is 5.96 Å². The molecule has 5 nitrogen and oxygen atoms in total. The number of aliphatic imine (C=N–C) groups is 1. The van der Waals surface area contributed by atoms with Gasteiger partial charge < -0.3 is 10.2 Å². The highest BCUT2D eigenvalue weighted by atomic mass is 15.3. The van der Waals surface area contributed by atoms with E-state index in [1.54, 1.807) is 0 Å². The number of likely N-dealkylation sites (tertiary alicyclic amines) is 1. The van der Waals surface area contributed by atoms with Crippen LogP contribution in [-0.4, -0.2) is 47.2 Å². The molecule has 1 spiro atoms. The van der Waals surface area contributed by atoms with E-state index in [1.807, 2.05) is 6.20 Å². The average Bonchev–Trinajstić information content (AvgIpc) is 3.18. The maximum atomic E-state index is 4.90. The highest BCUT2D eigenvalue weighted by Gasteiger charge is 2.39. The van der Waals surface area contributed by atoms with E-state index in [9.17, 15) is 0 Å². The predicted octanol–water partition coefficient (Wildman–Crippen LogP) is 3.27. The first-order valence-electron chi connectivity index (χ1n) is 9.74. The molecule has 0 amide bonds. The smallest absolute Gasteiger partial charge is 0.193 e. The zero-order valence-corrected chi connectivity index (χ0v) is 15.4. The van der Waals surface area contributed by atoms with Crippen molar-refractivity contribution >= 4 is 5.96 Å². The van der Waals surface area contributed by atoms with Crippen LogP contribution in [0.5, 0.6) is 0 Å². The summed E-state index contributed by atoms with van der Waals surface area (Å²) in [7, 11) is 0. The van der Waals surface area contributed by atoms with Crippen LogP contribution in [0.25, 0.3) is 0 Å². The summed E-state index contributed by atoms with van der Waals surface area (Å²) in [5.41, 5.74) is 3.09. The van der Waals surface area contributed by atoms with Gasteiger partial charge >= 0.3 is 0 Å². The third-order valence-corrected chi connectivity index (χ3v) is 5.79. The van der Waals surface area contributed by atoms with Gasteiger partial charge in [0.1, 0.15) is 0 Å². The zero-order valence-electron chi connectivity index (χ0n) is 15.4. The summed E-state index contributed by atoms with van der Waals surface area (Å²) in [5.74, 6) is 1.13. The molecule has 1 aliphatic carbocycles. The second-order valence-corrected chi connectivity index (χ2v) is 7.59. The first kappa shape index (κ1) is 17.3. The van der Waals surface area contributed by atoms with E-state index in [1.165, 1.54) is 62.9 Å². The number of aryl methyl sites for hydroxylation is 2. The highest BCUT2D eigenvalue weighted by Crippen LogP contribution is 2.43. The van der Waals surface area contributed by atoms with Crippen LogP contribution in [0, 0.1) is 12.3 Å². The van der Waals surface area contributed by atoms with Crippen LogP contribution in [0.3, 0.4) is 0 Å². The van der Waals surface area contributed by atoms with E-state index < -0.39 is 0 Å². The Morgan fingerprint density at radius 3 is 2.88 bits per heavy atom. The fourth-order valence-corrected chi connectivity index (χ4v) is 4.33. The van der Waals surface area contributed by atoms with Crippen molar-refractivity contribution < 1.29 is 0 Å². The summed E-state index contributed by atoms with van der Waals surface area (Å²) in [6.45, 7) is 8.46. The second kappa shape index (κ2) is 8.04. The van der Waals surface area contributed by atoms with Crippen molar-refractivity contribution in [3.63, 3.8) is 0 Å². The van der Waals surface area contributed by atoms with Gasteiger partial charge in [0.2, 0.25) is 0 Å². The lowest BCUT2D eigenvalue weighted by Gasteiger charge is -2.33. The Morgan fingerprint density at radius 2 is 2.17 bits per heavy atom. The molecule has 1 aromatic rings. The molecule has 1 saturated heterocycles. The van der Waals surface area contributed by atoms with Gasteiger partial charge in [0.05, 0.1) is 6.20 Å². The average molecular weight is 332 g/mol. The van der Waals surface area contributed by atoms with Crippen LogP contribution in [0.4, 0.5) is 0 Å². The predicted molar refractivity (Wildman–Crippen MR) is 99.3 cm³/mol. The quantitative estimate of drug-likeness (QED) is 0.494. The van der Waals surface area contributed by atoms with Gasteiger partial charge in [-0.1, -0.05) is 19.3 Å². The molecule has 0 bridgehead atoms. The minimum Gasteiger partial charge on any atom is -0.357 e. The molecule has 3 rings (SSSR count). The third-order valence-electron chi connectivity index (χ3n) is 5.79. The summed E-state index contributed by atoms with van der Waals surface area (Å²) in [6, 6.07) is 0. The summed E-state index contributed by atoms with van der Waals surface area (Å²) in [4.78, 5) is 7.42. The summed E-state index contributed by atoms with van der Waals surface area (Å²) >= 11 is 0. The number of guanidine groups is 1. The van der Waals surface area contributed by atoms with E-state index in [4.69, 9.17) is 4.99 Å². The zero-order chi connectivity index (χ0) is 16.8. The standard InChI is InChI=1S/C19H33N5/c1-3-20-18(21-12-7-8-17-14-22-23-16(17)2)24-13-11-19(15-24)9-5-4-6-10-19/h14H,3-13,15H2,1-2H3,(H,20,21)(H,22,23). The molecule has 24 heavy (non-hydrogen) atoms. The molecule has 1 aromatic heterocycles. The van der Waals surface area contributed by atoms with Gasteiger partial charge in [-0.25, -0.2) is 0 Å². The lowest BCUT2D eigenvalue weighted by atomic mass is 9.73. The van der Waals surface area contributed by atoms with Crippen LogP contribution in [0.2, 0.25) is 0 Å². The number of nitrogens with zero attached hydrogens (tertiary/aromatic N) is 3. The highest BCUT2D eigenvalue weighted by molar-refractivity contribution is 5.80. The molecule has 0 aromatic carbocycles. The van der Waals surface area contributed by atoms with Crippen LogP contribution < -0.4 is 5.32 Å². The van der Waals surface area contributed by atoms with Crippen molar-refractivity contribution in [2.45, 2.75) is 65.2 Å². The Balaban J connectivity index is 1.53. The number of aromatic amines is 1. The van der Waals surface area contributed by atoms with Crippen LogP contribution in [0.15, 0.2) is 11.2 Å². The van der Waals surface area contributed by atoms with Crippen LogP contribution in [0.1, 0.15) is 63.1 Å². The van der Waals surface area contributed by atoms with Crippen molar-refractivity contribution in [1.82, 2.24) is 20.4 Å². The Kier molecular flexibility index (Phi) is 5.80.